The molecule has 1 fully saturated rings. The van der Waals surface area contributed by atoms with Gasteiger partial charge in [-0.05, 0) is 63.1 Å². The molecule has 1 aliphatic rings. The maximum atomic E-state index is 13.0. The van der Waals surface area contributed by atoms with Gasteiger partial charge in [0.05, 0.1) is 11.4 Å². The van der Waals surface area contributed by atoms with Crippen LogP contribution < -0.4 is 21.5 Å². The number of H-pyrrole nitrogens is 1. The molecule has 0 bridgehead atoms. The van der Waals surface area contributed by atoms with Gasteiger partial charge in [-0.15, -0.1) is 0 Å². The van der Waals surface area contributed by atoms with Gasteiger partial charge in [-0.25, -0.2) is 19.1 Å². The fraction of sp³-hybridized carbons (Fsp3) is 0.138. The highest BCUT2D eigenvalue weighted by Crippen LogP contribution is 2.25. The summed E-state index contributed by atoms with van der Waals surface area (Å²) >= 11 is 0. The number of barbiturate groups is 1. The normalized spacial score (nSPS) is 15.1. The number of imide groups is 2. The minimum Gasteiger partial charge on any atom is -0.494 e. The van der Waals surface area contributed by atoms with Crippen LogP contribution in [0.3, 0.4) is 0 Å². The monoisotopic (exact) mass is 526 g/mol. The summed E-state index contributed by atoms with van der Waals surface area (Å²) in [7, 11) is 0. The van der Waals surface area contributed by atoms with Crippen molar-refractivity contribution in [2.45, 2.75) is 27.7 Å². The first kappa shape index (κ1) is 26.8. The van der Waals surface area contributed by atoms with Crippen molar-refractivity contribution in [1.29, 1.82) is 0 Å². The summed E-state index contributed by atoms with van der Waals surface area (Å²) in [6.45, 7) is 7.32. The van der Waals surface area contributed by atoms with E-state index in [-0.39, 0.29) is 11.1 Å². The summed E-state index contributed by atoms with van der Waals surface area (Å²) in [6, 6.07) is 9.66. The van der Waals surface area contributed by atoms with E-state index in [0.717, 1.165) is 26.2 Å². The van der Waals surface area contributed by atoms with Gasteiger partial charge >= 0.3 is 11.7 Å². The number of urea groups is 1. The molecule has 1 aliphatic heterocycles. The third-order valence-corrected chi connectivity index (χ3v) is 6.16. The Morgan fingerprint density at radius 1 is 0.795 bits per heavy atom. The Labute approximate surface area is 223 Å². The predicted octanol–water partition coefficient (Wildman–Crippen LogP) is 3.24. The molecule has 0 saturated carbocycles. The van der Waals surface area contributed by atoms with Crippen molar-refractivity contribution in [1.82, 2.24) is 14.9 Å². The van der Waals surface area contributed by atoms with Gasteiger partial charge in [0.1, 0.15) is 11.1 Å². The standard InChI is InChI=1S/C29H26N4O6/c1-16-10-12-22(18(3)14-16)32-26(36)20(24(34)30-28(32)38)8-6-5-7-9-21-25(35)31-29(39)33(27(21)37)23-13-11-17(2)15-19(23)4/h5-15,36H,1-4H3,(H,30,34,38)(H,31,35,39)/b7-5+,8-6+,21-9-. The summed E-state index contributed by atoms with van der Waals surface area (Å²) in [6.07, 6.45) is 6.74. The molecule has 10 heteroatoms. The zero-order chi connectivity index (χ0) is 28.4. The van der Waals surface area contributed by atoms with Crippen LogP contribution in [0, 0.1) is 27.7 Å². The van der Waals surface area contributed by atoms with Crippen molar-refractivity contribution < 1.29 is 19.5 Å². The lowest BCUT2D eigenvalue weighted by Gasteiger charge is -2.27. The summed E-state index contributed by atoms with van der Waals surface area (Å²) in [5.74, 6) is -2.16. The molecule has 0 atom stereocenters. The first-order valence-electron chi connectivity index (χ1n) is 12.0. The van der Waals surface area contributed by atoms with E-state index in [1.165, 1.54) is 30.4 Å². The van der Waals surface area contributed by atoms with E-state index in [0.29, 0.717) is 16.9 Å². The number of aromatic hydroxyl groups is 1. The van der Waals surface area contributed by atoms with Crippen LogP contribution in [-0.4, -0.2) is 32.5 Å². The number of nitrogens with one attached hydrogen (secondary N) is 2. The Kier molecular flexibility index (Phi) is 7.30. The van der Waals surface area contributed by atoms with Gasteiger partial charge in [-0.3, -0.25) is 24.7 Å². The van der Waals surface area contributed by atoms with E-state index in [1.807, 2.05) is 26.0 Å². The molecule has 1 aromatic heterocycles. The number of carbonyl (C=O) groups excluding carboxylic acids is 3. The molecule has 0 spiro atoms. The average Bonchev–Trinajstić information content (AvgIpc) is 2.84. The Hall–Kier alpha value is -5.25. The second kappa shape index (κ2) is 10.6. The third-order valence-electron chi connectivity index (χ3n) is 6.16. The average molecular weight is 527 g/mol. The number of allylic oxidation sites excluding steroid dienone is 4. The van der Waals surface area contributed by atoms with E-state index >= 15 is 0 Å². The molecule has 3 aromatic rings. The van der Waals surface area contributed by atoms with E-state index in [2.05, 4.69) is 10.3 Å². The van der Waals surface area contributed by atoms with Gasteiger partial charge < -0.3 is 5.11 Å². The van der Waals surface area contributed by atoms with Crippen molar-refractivity contribution >= 4 is 29.6 Å². The molecule has 1 saturated heterocycles. The zero-order valence-corrected chi connectivity index (χ0v) is 21.7. The van der Waals surface area contributed by atoms with Crippen LogP contribution in [0.1, 0.15) is 27.8 Å². The number of carbonyl (C=O) groups is 3. The molecule has 10 nitrogen and oxygen atoms in total. The zero-order valence-electron chi connectivity index (χ0n) is 21.7. The van der Waals surface area contributed by atoms with Crippen molar-refractivity contribution in [2.24, 2.45) is 0 Å². The topological polar surface area (TPSA) is 142 Å². The van der Waals surface area contributed by atoms with Gasteiger partial charge in [0.2, 0.25) is 5.88 Å². The van der Waals surface area contributed by atoms with E-state index in [1.54, 1.807) is 38.1 Å². The van der Waals surface area contributed by atoms with Crippen LogP contribution in [0.5, 0.6) is 5.88 Å². The first-order chi connectivity index (χ1) is 18.5. The van der Waals surface area contributed by atoms with Crippen LogP contribution in [0.15, 0.2) is 75.9 Å². The predicted molar refractivity (Wildman–Crippen MR) is 147 cm³/mol. The maximum Gasteiger partial charge on any atom is 0.335 e. The lowest BCUT2D eigenvalue weighted by atomic mass is 10.1. The highest BCUT2D eigenvalue weighted by molar-refractivity contribution is 6.37. The lowest BCUT2D eigenvalue weighted by molar-refractivity contribution is -0.122. The molecule has 2 heterocycles. The molecule has 2 aromatic carbocycles. The summed E-state index contributed by atoms with van der Waals surface area (Å²) in [5, 5.41) is 12.9. The SMILES string of the molecule is Cc1ccc(N2C(=O)NC(=O)/C(=C/C=C/C=C/c3c(O)n(-c4ccc(C)cc4C)c(=O)[nH]c3=O)C2=O)c(C)c1. The molecule has 4 amide bonds. The van der Waals surface area contributed by atoms with Gasteiger partial charge in [0, 0.05) is 0 Å². The van der Waals surface area contributed by atoms with Gasteiger partial charge in [0.15, 0.2) is 0 Å². The van der Waals surface area contributed by atoms with Crippen LogP contribution in [0.25, 0.3) is 11.8 Å². The first-order valence-corrected chi connectivity index (χ1v) is 12.0. The molecule has 4 rings (SSSR count). The van der Waals surface area contributed by atoms with Crippen LogP contribution in [0.2, 0.25) is 0 Å². The Balaban J connectivity index is 1.62. The lowest BCUT2D eigenvalue weighted by Crippen LogP contribution is -2.54. The largest absolute Gasteiger partial charge is 0.494 e. The van der Waals surface area contributed by atoms with Crippen molar-refractivity contribution in [2.75, 3.05) is 4.90 Å². The highest BCUT2D eigenvalue weighted by Gasteiger charge is 2.37. The second-order valence-corrected chi connectivity index (χ2v) is 9.14. The second-order valence-electron chi connectivity index (χ2n) is 9.14. The minimum atomic E-state index is -0.841. The van der Waals surface area contributed by atoms with E-state index < -0.39 is 35.0 Å². The number of aromatic amines is 1. The molecular formula is C29H26N4O6. The van der Waals surface area contributed by atoms with Crippen molar-refractivity contribution in [3.63, 3.8) is 0 Å². The molecule has 198 valence electrons. The quantitative estimate of drug-likeness (QED) is 0.265. The van der Waals surface area contributed by atoms with E-state index in [4.69, 9.17) is 0 Å². The number of amides is 4. The van der Waals surface area contributed by atoms with Crippen LogP contribution in [0.4, 0.5) is 10.5 Å². The van der Waals surface area contributed by atoms with E-state index in [9.17, 15) is 29.1 Å². The Morgan fingerprint density at radius 2 is 1.41 bits per heavy atom. The number of aryl methyl sites for hydroxylation is 4. The summed E-state index contributed by atoms with van der Waals surface area (Å²) in [5.41, 5.74) is 2.13. The van der Waals surface area contributed by atoms with Crippen LogP contribution in [-0.2, 0) is 9.59 Å². The molecule has 0 radical (unpaired) electrons. The van der Waals surface area contributed by atoms with Gasteiger partial charge in [-0.1, -0.05) is 53.6 Å². The molecule has 0 aliphatic carbocycles. The number of hydrogen-bond donors (Lipinski definition) is 3. The van der Waals surface area contributed by atoms with Gasteiger partial charge in [0.25, 0.3) is 17.4 Å². The number of anilines is 1. The highest BCUT2D eigenvalue weighted by atomic mass is 16.3. The number of benzene rings is 2. The third kappa shape index (κ3) is 5.26. The fourth-order valence-electron chi connectivity index (χ4n) is 4.29. The number of rotatable bonds is 5. The maximum absolute atomic E-state index is 13.0. The Bertz CT molecular complexity index is 1740. The van der Waals surface area contributed by atoms with Crippen molar-refractivity contribution in [3.05, 3.63) is 115 Å². The Morgan fingerprint density at radius 3 is 2.03 bits per heavy atom. The molecule has 39 heavy (non-hydrogen) atoms. The fourth-order valence-corrected chi connectivity index (χ4v) is 4.29. The number of nitrogens with zero attached hydrogens (tertiary/aromatic N) is 2. The van der Waals surface area contributed by atoms with Gasteiger partial charge in [-0.2, -0.15) is 0 Å². The summed E-state index contributed by atoms with van der Waals surface area (Å²) in [4.78, 5) is 65.7. The smallest absolute Gasteiger partial charge is 0.335 e. The molecule has 0 unspecified atom stereocenters. The van der Waals surface area contributed by atoms with Crippen molar-refractivity contribution in [3.8, 4) is 11.6 Å². The number of aromatic nitrogens is 2. The molecule has 3 N–H and O–H groups in total. The van der Waals surface area contributed by atoms with Crippen LogP contribution >= 0.6 is 0 Å². The number of hydrogen-bond acceptors (Lipinski definition) is 6. The summed E-state index contributed by atoms with van der Waals surface area (Å²) < 4.78 is 1.01. The minimum absolute atomic E-state index is 0.162. The molecular weight excluding hydrogens is 500 g/mol.